The van der Waals surface area contributed by atoms with Crippen molar-refractivity contribution < 1.29 is 0 Å². The Morgan fingerprint density at radius 3 is 1.73 bits per heavy atom. The number of nitrogens with zero attached hydrogens (tertiary/aromatic N) is 1. The van der Waals surface area contributed by atoms with Crippen LogP contribution in [0.5, 0.6) is 0 Å². The van der Waals surface area contributed by atoms with E-state index in [1.165, 1.54) is 105 Å². The van der Waals surface area contributed by atoms with Crippen molar-refractivity contribution >= 4 is 27.8 Å². The van der Waals surface area contributed by atoms with Gasteiger partial charge in [0.15, 0.2) is 0 Å². The molecule has 60 heavy (non-hydrogen) atoms. The van der Waals surface area contributed by atoms with E-state index in [9.17, 15) is 0 Å². The van der Waals surface area contributed by atoms with Crippen LogP contribution in [0.1, 0.15) is 69.1 Å². The van der Waals surface area contributed by atoms with Crippen LogP contribution >= 0.6 is 0 Å². The van der Waals surface area contributed by atoms with E-state index in [2.05, 4.69) is 201 Å². The van der Waals surface area contributed by atoms with E-state index in [1.54, 1.807) is 5.56 Å². The zero-order valence-electron chi connectivity index (χ0n) is 34.7. The number of fused-ring (bicyclic) bond motifs is 4. The maximum absolute atomic E-state index is 2.51. The van der Waals surface area contributed by atoms with Gasteiger partial charge >= 0.3 is 0 Å². The van der Waals surface area contributed by atoms with Crippen molar-refractivity contribution in [3.05, 3.63) is 199 Å². The van der Waals surface area contributed by atoms with Gasteiger partial charge in [-0.25, -0.2) is 0 Å². The van der Waals surface area contributed by atoms with Crippen LogP contribution in [0.2, 0.25) is 0 Å². The van der Waals surface area contributed by atoms with Crippen molar-refractivity contribution in [3.8, 4) is 44.5 Å². The number of hydrogen-bond acceptors (Lipinski definition) is 1. The van der Waals surface area contributed by atoms with E-state index >= 15 is 0 Å². The van der Waals surface area contributed by atoms with Crippen LogP contribution in [0.25, 0.3) is 55.3 Å². The van der Waals surface area contributed by atoms with E-state index < -0.39 is 0 Å². The van der Waals surface area contributed by atoms with E-state index in [0.717, 1.165) is 34.8 Å². The van der Waals surface area contributed by atoms with Crippen molar-refractivity contribution in [2.45, 2.75) is 63.2 Å². The van der Waals surface area contributed by atoms with Crippen LogP contribution in [0.15, 0.2) is 182 Å². The SMILES string of the molecule is CC1(C)c2ccccc2-c2ccc(N(c3ccc(-c4ccc(C56CC7CC(CC(C7)C5)C6)cc4)cc3)c3ccc(-c4ccccc4)cc3-c3cccc4ccccc34)cc21. The summed E-state index contributed by atoms with van der Waals surface area (Å²) in [7, 11) is 0. The molecule has 0 atom stereocenters. The van der Waals surface area contributed by atoms with Crippen LogP contribution in [0, 0.1) is 17.8 Å². The second-order valence-electron chi connectivity index (χ2n) is 19.2. The van der Waals surface area contributed by atoms with Gasteiger partial charge in [-0.3, -0.25) is 0 Å². The minimum Gasteiger partial charge on any atom is -0.310 e. The van der Waals surface area contributed by atoms with Gasteiger partial charge in [0.1, 0.15) is 0 Å². The molecule has 5 aliphatic rings. The fraction of sp³-hybridized carbons (Fsp3) is 0.220. The third-order valence-corrected chi connectivity index (χ3v) is 15.2. The average molecular weight is 774 g/mol. The maximum Gasteiger partial charge on any atom is 0.0540 e. The molecule has 292 valence electrons. The zero-order chi connectivity index (χ0) is 40.0. The Morgan fingerprint density at radius 2 is 0.983 bits per heavy atom. The summed E-state index contributed by atoms with van der Waals surface area (Å²) in [5, 5.41) is 2.50. The summed E-state index contributed by atoms with van der Waals surface area (Å²) in [6.07, 6.45) is 8.67. The number of anilines is 3. The average Bonchev–Trinajstić information content (AvgIpc) is 3.52. The quantitative estimate of drug-likeness (QED) is 0.156. The first-order valence-corrected chi connectivity index (χ1v) is 22.3. The maximum atomic E-state index is 2.51. The van der Waals surface area contributed by atoms with Crippen molar-refractivity contribution in [2.24, 2.45) is 17.8 Å². The number of hydrogen-bond donors (Lipinski definition) is 0. The molecular weight excluding hydrogens is 723 g/mol. The lowest BCUT2D eigenvalue weighted by Crippen LogP contribution is -2.48. The molecule has 0 aromatic heterocycles. The first-order chi connectivity index (χ1) is 29.4. The molecule has 0 radical (unpaired) electrons. The van der Waals surface area contributed by atoms with Gasteiger partial charge in [0.2, 0.25) is 0 Å². The van der Waals surface area contributed by atoms with Crippen LogP contribution in [-0.2, 0) is 10.8 Å². The van der Waals surface area contributed by atoms with E-state index in [4.69, 9.17) is 0 Å². The standard InChI is InChI=1S/C59H51N/c1-58(2)55-18-9-8-16-52(55)53-29-28-49(35-56(53)58)60(57-30-23-46(42-11-4-3-5-12-42)34-54(57)51-17-10-14-45-13-6-7-15-50(45)51)48-26-21-44(22-27-48)43-19-24-47(25-20-43)59-36-39-31-40(37-59)33-41(32-39)38-59/h3-30,34-35,39-41H,31-33,36-38H2,1-2H3. The Kier molecular flexibility index (Phi) is 8.15. The molecule has 0 unspecified atom stereocenters. The molecule has 0 aliphatic heterocycles. The highest BCUT2D eigenvalue weighted by atomic mass is 15.1. The lowest BCUT2D eigenvalue weighted by Gasteiger charge is -2.57. The van der Waals surface area contributed by atoms with Crippen molar-refractivity contribution in [2.75, 3.05) is 4.90 Å². The molecule has 0 spiro atoms. The molecule has 8 aromatic carbocycles. The van der Waals surface area contributed by atoms with Crippen molar-refractivity contribution in [1.82, 2.24) is 0 Å². The predicted octanol–water partition coefficient (Wildman–Crippen LogP) is 16.1. The molecule has 0 heterocycles. The monoisotopic (exact) mass is 773 g/mol. The Balaban J connectivity index is 0.997. The summed E-state index contributed by atoms with van der Waals surface area (Å²) in [6.45, 7) is 4.76. The fourth-order valence-electron chi connectivity index (χ4n) is 12.8. The number of benzene rings is 8. The highest BCUT2D eigenvalue weighted by molar-refractivity contribution is 6.02. The summed E-state index contributed by atoms with van der Waals surface area (Å²) in [6, 6.07) is 68.7. The summed E-state index contributed by atoms with van der Waals surface area (Å²) in [5.41, 5.74) is 18.2. The molecule has 13 rings (SSSR count). The molecular formula is C59H51N. The summed E-state index contributed by atoms with van der Waals surface area (Å²) in [4.78, 5) is 2.51. The molecule has 4 fully saturated rings. The molecule has 1 nitrogen and oxygen atoms in total. The second-order valence-corrected chi connectivity index (χ2v) is 19.2. The zero-order valence-corrected chi connectivity index (χ0v) is 34.7. The lowest BCUT2D eigenvalue weighted by molar-refractivity contribution is -0.00518. The molecule has 0 N–H and O–H groups in total. The van der Waals surface area contributed by atoms with E-state index in [-0.39, 0.29) is 5.41 Å². The predicted molar refractivity (Wildman–Crippen MR) is 252 cm³/mol. The van der Waals surface area contributed by atoms with Gasteiger partial charge in [0.25, 0.3) is 0 Å². The highest BCUT2D eigenvalue weighted by Gasteiger charge is 2.51. The van der Waals surface area contributed by atoms with Crippen LogP contribution in [0.4, 0.5) is 17.1 Å². The Morgan fingerprint density at radius 1 is 0.417 bits per heavy atom. The summed E-state index contributed by atoms with van der Waals surface area (Å²) >= 11 is 0. The third kappa shape index (κ3) is 5.73. The largest absolute Gasteiger partial charge is 0.310 e. The van der Waals surface area contributed by atoms with Crippen LogP contribution < -0.4 is 4.90 Å². The third-order valence-electron chi connectivity index (χ3n) is 15.2. The molecule has 1 heteroatoms. The van der Waals surface area contributed by atoms with E-state index in [1.807, 2.05) is 0 Å². The number of rotatable bonds is 7. The Hall–Kier alpha value is -6.18. The molecule has 4 bridgehead atoms. The van der Waals surface area contributed by atoms with Gasteiger partial charge in [-0.05, 0) is 164 Å². The van der Waals surface area contributed by atoms with Gasteiger partial charge in [-0.2, -0.15) is 0 Å². The van der Waals surface area contributed by atoms with Gasteiger partial charge < -0.3 is 4.90 Å². The van der Waals surface area contributed by atoms with Gasteiger partial charge in [-0.15, -0.1) is 0 Å². The van der Waals surface area contributed by atoms with Gasteiger partial charge in [0, 0.05) is 22.4 Å². The highest BCUT2D eigenvalue weighted by Crippen LogP contribution is 2.61. The lowest BCUT2D eigenvalue weighted by atomic mass is 9.48. The fourth-order valence-corrected chi connectivity index (χ4v) is 12.8. The first kappa shape index (κ1) is 35.7. The van der Waals surface area contributed by atoms with Crippen LogP contribution in [0.3, 0.4) is 0 Å². The van der Waals surface area contributed by atoms with Gasteiger partial charge in [0.05, 0.1) is 5.69 Å². The topological polar surface area (TPSA) is 3.24 Å². The van der Waals surface area contributed by atoms with E-state index in [0.29, 0.717) is 5.41 Å². The minimum absolute atomic E-state index is 0.116. The Bertz CT molecular complexity index is 2880. The normalized spacial score (nSPS) is 21.8. The first-order valence-electron chi connectivity index (χ1n) is 22.3. The summed E-state index contributed by atoms with van der Waals surface area (Å²) < 4.78 is 0. The molecule has 0 saturated heterocycles. The summed E-state index contributed by atoms with van der Waals surface area (Å²) in [5.74, 6) is 2.86. The van der Waals surface area contributed by atoms with Crippen molar-refractivity contribution in [1.29, 1.82) is 0 Å². The van der Waals surface area contributed by atoms with Crippen LogP contribution in [-0.4, -0.2) is 0 Å². The molecule has 8 aromatic rings. The smallest absolute Gasteiger partial charge is 0.0540 e. The molecule has 0 amide bonds. The molecule has 4 saturated carbocycles. The van der Waals surface area contributed by atoms with Crippen molar-refractivity contribution in [3.63, 3.8) is 0 Å². The minimum atomic E-state index is -0.116. The molecule has 5 aliphatic carbocycles. The Labute approximate surface area is 355 Å². The van der Waals surface area contributed by atoms with Gasteiger partial charge in [-0.1, -0.05) is 159 Å². The second kappa shape index (κ2) is 13.7.